The minimum atomic E-state index is -0.387. The van der Waals surface area contributed by atoms with Crippen LogP contribution in [0.5, 0.6) is 0 Å². The molecule has 0 unspecified atom stereocenters. The molecule has 0 spiro atoms. The molecular formula is C10H16ClF. The van der Waals surface area contributed by atoms with E-state index in [1.54, 1.807) is 0 Å². The van der Waals surface area contributed by atoms with Gasteiger partial charge in [0.15, 0.2) is 0 Å². The summed E-state index contributed by atoms with van der Waals surface area (Å²) >= 11 is 5.32. The summed E-state index contributed by atoms with van der Waals surface area (Å²) in [6.07, 6.45) is 1.75. The predicted molar refractivity (Wildman–Crippen MR) is 55.0 cm³/mol. The van der Waals surface area contributed by atoms with Crippen molar-refractivity contribution < 1.29 is 4.39 Å². The minimum Gasteiger partial charge on any atom is -0.207 e. The van der Waals surface area contributed by atoms with Crippen LogP contribution in [-0.2, 0) is 0 Å². The van der Waals surface area contributed by atoms with Gasteiger partial charge >= 0.3 is 0 Å². The fourth-order valence-corrected chi connectivity index (χ4v) is 0.504. The largest absolute Gasteiger partial charge is 0.207 e. The second kappa shape index (κ2) is 8.54. The van der Waals surface area contributed by atoms with E-state index in [1.807, 2.05) is 20.8 Å². The number of halogens is 2. The van der Waals surface area contributed by atoms with Crippen molar-refractivity contribution in [1.29, 1.82) is 0 Å². The molecule has 0 bridgehead atoms. The van der Waals surface area contributed by atoms with E-state index in [4.69, 9.17) is 11.6 Å². The van der Waals surface area contributed by atoms with Gasteiger partial charge < -0.3 is 0 Å². The first-order valence-electron chi connectivity index (χ1n) is 3.97. The van der Waals surface area contributed by atoms with Gasteiger partial charge in [-0.05, 0) is 18.1 Å². The zero-order valence-corrected chi connectivity index (χ0v) is 8.71. The van der Waals surface area contributed by atoms with Crippen LogP contribution in [0.25, 0.3) is 0 Å². The molecule has 0 nitrogen and oxygen atoms in total. The lowest BCUT2D eigenvalue weighted by atomic mass is 10.2. The summed E-state index contributed by atoms with van der Waals surface area (Å²) < 4.78 is 12.7. The highest BCUT2D eigenvalue weighted by Gasteiger charge is 1.97. The Balaban J connectivity index is 0. The third-order valence-electron chi connectivity index (χ3n) is 1.05. The summed E-state index contributed by atoms with van der Waals surface area (Å²) in [7, 11) is 0. The molecule has 0 aliphatic carbocycles. The maximum Gasteiger partial charge on any atom is 0.127 e. The van der Waals surface area contributed by atoms with Crippen LogP contribution in [-0.4, -0.2) is 0 Å². The van der Waals surface area contributed by atoms with Crippen LogP contribution < -0.4 is 0 Å². The second-order valence-corrected chi connectivity index (χ2v) is 2.38. The van der Waals surface area contributed by atoms with Crippen LogP contribution in [0.1, 0.15) is 27.2 Å². The Morgan fingerprint density at radius 2 is 1.83 bits per heavy atom. The van der Waals surface area contributed by atoms with E-state index in [0.29, 0.717) is 12.0 Å². The van der Waals surface area contributed by atoms with Crippen LogP contribution in [0.15, 0.2) is 35.7 Å². The van der Waals surface area contributed by atoms with Crippen molar-refractivity contribution in [3.63, 3.8) is 0 Å². The normalized spacial score (nSPS) is 9.92. The van der Waals surface area contributed by atoms with E-state index >= 15 is 0 Å². The zero-order valence-electron chi connectivity index (χ0n) is 7.95. The SMILES string of the molecule is C=C(Cl)/C=C(/F)C(=C)CC.CC. The van der Waals surface area contributed by atoms with E-state index in [9.17, 15) is 4.39 Å². The van der Waals surface area contributed by atoms with E-state index in [1.165, 1.54) is 0 Å². The van der Waals surface area contributed by atoms with E-state index < -0.39 is 0 Å². The first kappa shape index (κ1) is 14.0. The summed E-state index contributed by atoms with van der Waals surface area (Å²) in [4.78, 5) is 0. The molecule has 0 radical (unpaired) electrons. The van der Waals surface area contributed by atoms with Crippen molar-refractivity contribution in [2.45, 2.75) is 27.2 Å². The maximum atomic E-state index is 12.7. The highest BCUT2D eigenvalue weighted by Crippen LogP contribution is 2.15. The molecule has 0 amide bonds. The average molecular weight is 191 g/mol. The molecule has 0 aromatic rings. The summed E-state index contributed by atoms with van der Waals surface area (Å²) in [6.45, 7) is 12.6. The smallest absolute Gasteiger partial charge is 0.127 e. The summed E-state index contributed by atoms with van der Waals surface area (Å²) in [5, 5.41) is 0.187. The van der Waals surface area contributed by atoms with Gasteiger partial charge in [0.05, 0.1) is 0 Å². The van der Waals surface area contributed by atoms with Gasteiger partial charge in [-0.3, -0.25) is 0 Å². The van der Waals surface area contributed by atoms with Crippen LogP contribution in [0.4, 0.5) is 4.39 Å². The highest BCUT2D eigenvalue weighted by molar-refractivity contribution is 6.30. The van der Waals surface area contributed by atoms with E-state index in [-0.39, 0.29) is 10.9 Å². The molecule has 70 valence electrons. The summed E-state index contributed by atoms with van der Waals surface area (Å²) in [6, 6.07) is 0. The molecule has 0 saturated carbocycles. The van der Waals surface area contributed by atoms with Gasteiger partial charge in [-0.15, -0.1) is 0 Å². The van der Waals surface area contributed by atoms with Crippen LogP contribution in [0.2, 0.25) is 0 Å². The van der Waals surface area contributed by atoms with Crippen LogP contribution >= 0.6 is 11.6 Å². The third kappa shape index (κ3) is 7.55. The Morgan fingerprint density at radius 1 is 1.42 bits per heavy atom. The molecule has 0 fully saturated rings. The van der Waals surface area contributed by atoms with Gasteiger partial charge in [-0.1, -0.05) is 45.5 Å². The zero-order chi connectivity index (χ0) is 10.1. The fourth-order valence-electron chi connectivity index (χ4n) is 0.408. The molecule has 0 heterocycles. The monoisotopic (exact) mass is 190 g/mol. The highest BCUT2D eigenvalue weighted by atomic mass is 35.5. The first-order valence-corrected chi connectivity index (χ1v) is 4.35. The van der Waals surface area contributed by atoms with Crippen molar-refractivity contribution in [3.05, 3.63) is 35.7 Å². The topological polar surface area (TPSA) is 0 Å². The molecule has 0 aliphatic heterocycles. The summed E-state index contributed by atoms with van der Waals surface area (Å²) in [5.41, 5.74) is 0.446. The molecular weight excluding hydrogens is 175 g/mol. The Labute approximate surface area is 79.4 Å². The second-order valence-electron chi connectivity index (χ2n) is 1.90. The molecule has 12 heavy (non-hydrogen) atoms. The molecule has 0 aliphatic rings. The van der Waals surface area contributed by atoms with Crippen LogP contribution in [0, 0.1) is 0 Å². The molecule has 0 aromatic heterocycles. The van der Waals surface area contributed by atoms with Crippen molar-refractivity contribution >= 4 is 11.6 Å². The van der Waals surface area contributed by atoms with Gasteiger partial charge in [-0.2, -0.15) is 0 Å². The standard InChI is InChI=1S/C8H10ClF.C2H6/c1-4-6(2)8(10)5-7(3)9;1-2/h5H,2-4H2,1H3;1-2H3/b8-5+;. The first-order chi connectivity index (χ1) is 5.57. The molecule has 0 rings (SSSR count). The molecule has 0 saturated heterocycles. The predicted octanol–water partition coefficient (Wildman–Crippen LogP) is 4.58. The lowest BCUT2D eigenvalue weighted by Crippen LogP contribution is -1.78. The van der Waals surface area contributed by atoms with Crippen molar-refractivity contribution in [2.24, 2.45) is 0 Å². The van der Waals surface area contributed by atoms with Gasteiger partial charge in [0.1, 0.15) is 5.83 Å². The fraction of sp³-hybridized carbons (Fsp3) is 0.400. The molecule has 0 atom stereocenters. The van der Waals surface area contributed by atoms with Crippen molar-refractivity contribution in [1.82, 2.24) is 0 Å². The quantitative estimate of drug-likeness (QED) is 0.572. The molecule has 0 N–H and O–H groups in total. The summed E-state index contributed by atoms with van der Waals surface area (Å²) in [5.74, 6) is -0.387. The number of rotatable bonds is 3. The van der Waals surface area contributed by atoms with Gasteiger partial charge in [-0.25, -0.2) is 4.39 Å². The third-order valence-corrected chi connectivity index (χ3v) is 1.16. The lowest BCUT2D eigenvalue weighted by Gasteiger charge is -1.95. The van der Waals surface area contributed by atoms with E-state index in [0.717, 1.165) is 6.08 Å². The van der Waals surface area contributed by atoms with E-state index in [2.05, 4.69) is 13.2 Å². The molecule has 2 heteroatoms. The van der Waals surface area contributed by atoms with Gasteiger partial charge in [0.25, 0.3) is 0 Å². The number of hydrogen-bond acceptors (Lipinski definition) is 0. The van der Waals surface area contributed by atoms with Gasteiger partial charge in [0.2, 0.25) is 0 Å². The van der Waals surface area contributed by atoms with Crippen molar-refractivity contribution in [2.75, 3.05) is 0 Å². The lowest BCUT2D eigenvalue weighted by molar-refractivity contribution is 0.644. The van der Waals surface area contributed by atoms with Crippen molar-refractivity contribution in [3.8, 4) is 0 Å². The Hall–Kier alpha value is -0.560. The minimum absolute atomic E-state index is 0.187. The maximum absolute atomic E-state index is 12.7. The number of hydrogen-bond donors (Lipinski definition) is 0. The van der Waals surface area contributed by atoms with Gasteiger partial charge in [0, 0.05) is 5.03 Å². The Kier molecular flexibility index (Phi) is 9.95. The average Bonchev–Trinajstić information content (AvgIpc) is 2.05. The Morgan fingerprint density at radius 3 is 2.08 bits per heavy atom. The Bertz CT molecular complexity index is 180. The van der Waals surface area contributed by atoms with Crippen LogP contribution in [0.3, 0.4) is 0 Å². The molecule has 0 aromatic carbocycles. The number of allylic oxidation sites excluding steroid dienone is 4.